The number of amides is 2. The second-order valence-corrected chi connectivity index (χ2v) is 5.56. The van der Waals surface area contributed by atoms with Crippen LogP contribution in [0.3, 0.4) is 0 Å². The summed E-state index contributed by atoms with van der Waals surface area (Å²) in [5.74, 6) is -0.104. The van der Waals surface area contributed by atoms with E-state index in [2.05, 4.69) is 16.0 Å². The molecular formula is C16H23N3O2. The summed E-state index contributed by atoms with van der Waals surface area (Å²) in [6.07, 6.45) is 1.97. The molecule has 1 aromatic rings. The van der Waals surface area contributed by atoms with E-state index in [0.717, 1.165) is 36.2 Å². The van der Waals surface area contributed by atoms with Crippen molar-refractivity contribution < 1.29 is 9.59 Å². The van der Waals surface area contributed by atoms with E-state index in [1.807, 2.05) is 32.0 Å². The molecule has 0 bridgehead atoms. The molecule has 5 nitrogen and oxygen atoms in total. The molecule has 2 amide bonds. The van der Waals surface area contributed by atoms with Crippen LogP contribution >= 0.6 is 0 Å². The number of fused-ring (bicyclic) bond motifs is 1. The van der Waals surface area contributed by atoms with Crippen LogP contribution in [-0.4, -0.2) is 31.4 Å². The zero-order chi connectivity index (χ0) is 15.2. The van der Waals surface area contributed by atoms with Crippen LogP contribution in [0.2, 0.25) is 0 Å². The lowest BCUT2D eigenvalue weighted by molar-refractivity contribution is -0.123. The molecule has 0 aliphatic carbocycles. The van der Waals surface area contributed by atoms with Crippen molar-refractivity contribution in [2.45, 2.75) is 26.7 Å². The summed E-state index contributed by atoms with van der Waals surface area (Å²) in [5, 5.41) is 8.96. The number of carbonyl (C=O) groups excluding carboxylic acids is 2. The lowest BCUT2D eigenvalue weighted by Crippen LogP contribution is -2.36. The molecule has 1 aliphatic heterocycles. The summed E-state index contributed by atoms with van der Waals surface area (Å²) in [4.78, 5) is 23.7. The first-order valence-corrected chi connectivity index (χ1v) is 7.51. The second kappa shape index (κ2) is 7.11. The third-order valence-corrected chi connectivity index (χ3v) is 3.57. The molecule has 2 rings (SSSR count). The minimum absolute atomic E-state index is 0.00513. The predicted octanol–water partition coefficient (Wildman–Crippen LogP) is 1.55. The predicted molar refractivity (Wildman–Crippen MR) is 83.4 cm³/mol. The van der Waals surface area contributed by atoms with E-state index in [4.69, 9.17) is 0 Å². The maximum Gasteiger partial charge on any atom is 0.251 e. The fourth-order valence-corrected chi connectivity index (χ4v) is 2.38. The fraction of sp³-hybridized carbons (Fsp3) is 0.500. The van der Waals surface area contributed by atoms with E-state index < -0.39 is 0 Å². The van der Waals surface area contributed by atoms with Gasteiger partial charge in [0.2, 0.25) is 5.91 Å². The number of hydrogen-bond acceptors (Lipinski definition) is 3. The summed E-state index contributed by atoms with van der Waals surface area (Å²) in [6.45, 7) is 5.54. The van der Waals surface area contributed by atoms with E-state index in [9.17, 15) is 9.59 Å². The average molecular weight is 289 g/mol. The van der Waals surface area contributed by atoms with Crippen LogP contribution in [0.1, 0.15) is 36.2 Å². The van der Waals surface area contributed by atoms with Gasteiger partial charge in [-0.15, -0.1) is 0 Å². The third kappa shape index (κ3) is 3.97. The van der Waals surface area contributed by atoms with Crippen molar-refractivity contribution in [1.29, 1.82) is 0 Å². The molecule has 0 spiro atoms. The lowest BCUT2D eigenvalue weighted by atomic mass is 9.97. The summed E-state index contributed by atoms with van der Waals surface area (Å²) in [7, 11) is 0. The Kier molecular flexibility index (Phi) is 5.20. The molecule has 1 aliphatic rings. The summed E-state index contributed by atoms with van der Waals surface area (Å²) >= 11 is 0. The van der Waals surface area contributed by atoms with Gasteiger partial charge in [-0.25, -0.2) is 0 Å². The molecule has 0 saturated heterocycles. The highest BCUT2D eigenvalue weighted by Crippen LogP contribution is 2.25. The smallest absolute Gasteiger partial charge is 0.251 e. The Labute approximate surface area is 125 Å². The first kappa shape index (κ1) is 15.4. The standard InChI is InChI=1S/C16H23N3O2/c1-11(2)15(20)18-9-10-19-16(21)13-5-3-7-14-12(13)6-4-8-17-14/h3,5,7,11,17H,4,6,8-10H2,1-2H3,(H,18,20)(H,19,21). The van der Waals surface area contributed by atoms with E-state index in [-0.39, 0.29) is 17.7 Å². The van der Waals surface area contributed by atoms with Crippen LogP contribution in [0.25, 0.3) is 0 Å². The first-order valence-electron chi connectivity index (χ1n) is 7.51. The van der Waals surface area contributed by atoms with Crippen LogP contribution in [0.15, 0.2) is 18.2 Å². The molecule has 0 aromatic heterocycles. The number of hydrogen-bond donors (Lipinski definition) is 3. The van der Waals surface area contributed by atoms with Gasteiger partial charge in [0.25, 0.3) is 5.91 Å². The molecule has 5 heteroatoms. The van der Waals surface area contributed by atoms with Gasteiger partial charge >= 0.3 is 0 Å². The van der Waals surface area contributed by atoms with Crippen LogP contribution in [-0.2, 0) is 11.2 Å². The fourth-order valence-electron chi connectivity index (χ4n) is 2.38. The summed E-state index contributed by atoms with van der Waals surface area (Å²) < 4.78 is 0. The maximum atomic E-state index is 12.2. The average Bonchev–Trinajstić information content (AvgIpc) is 2.50. The van der Waals surface area contributed by atoms with Gasteiger partial charge < -0.3 is 16.0 Å². The van der Waals surface area contributed by atoms with Gasteiger partial charge in [0, 0.05) is 36.8 Å². The number of nitrogens with one attached hydrogen (secondary N) is 3. The zero-order valence-electron chi connectivity index (χ0n) is 12.7. The quantitative estimate of drug-likeness (QED) is 0.720. The van der Waals surface area contributed by atoms with Crippen LogP contribution < -0.4 is 16.0 Å². The van der Waals surface area contributed by atoms with E-state index in [1.165, 1.54) is 0 Å². The van der Waals surface area contributed by atoms with Gasteiger partial charge in [-0.3, -0.25) is 9.59 Å². The van der Waals surface area contributed by atoms with Gasteiger partial charge in [-0.05, 0) is 30.5 Å². The van der Waals surface area contributed by atoms with E-state index >= 15 is 0 Å². The summed E-state index contributed by atoms with van der Waals surface area (Å²) in [5.41, 5.74) is 2.88. The van der Waals surface area contributed by atoms with Crippen molar-refractivity contribution in [2.75, 3.05) is 25.0 Å². The topological polar surface area (TPSA) is 70.2 Å². The minimum Gasteiger partial charge on any atom is -0.385 e. The van der Waals surface area contributed by atoms with Gasteiger partial charge in [0.05, 0.1) is 0 Å². The van der Waals surface area contributed by atoms with Crippen molar-refractivity contribution in [2.24, 2.45) is 5.92 Å². The van der Waals surface area contributed by atoms with Crippen LogP contribution in [0.4, 0.5) is 5.69 Å². The Hall–Kier alpha value is -2.04. The highest BCUT2D eigenvalue weighted by atomic mass is 16.2. The Balaban J connectivity index is 1.88. The second-order valence-electron chi connectivity index (χ2n) is 5.56. The molecule has 0 saturated carbocycles. The monoisotopic (exact) mass is 289 g/mol. The molecule has 3 N–H and O–H groups in total. The van der Waals surface area contributed by atoms with Crippen molar-refractivity contribution in [1.82, 2.24) is 10.6 Å². The lowest BCUT2D eigenvalue weighted by Gasteiger charge is -2.20. The van der Waals surface area contributed by atoms with Crippen molar-refractivity contribution in [3.8, 4) is 0 Å². The molecule has 0 radical (unpaired) electrons. The molecule has 1 heterocycles. The van der Waals surface area contributed by atoms with Crippen molar-refractivity contribution in [3.05, 3.63) is 29.3 Å². The maximum absolute atomic E-state index is 12.2. The Morgan fingerprint density at radius 3 is 2.76 bits per heavy atom. The number of benzene rings is 1. The van der Waals surface area contributed by atoms with Crippen LogP contribution in [0.5, 0.6) is 0 Å². The SMILES string of the molecule is CC(C)C(=O)NCCNC(=O)c1cccc2c1CCCN2. The highest BCUT2D eigenvalue weighted by molar-refractivity contribution is 5.97. The molecule has 1 aromatic carbocycles. The first-order chi connectivity index (χ1) is 10.1. The minimum atomic E-state index is -0.0747. The molecule has 21 heavy (non-hydrogen) atoms. The molecular weight excluding hydrogens is 266 g/mol. The summed E-state index contributed by atoms with van der Waals surface area (Å²) in [6, 6.07) is 5.76. The Morgan fingerprint density at radius 2 is 2.00 bits per heavy atom. The third-order valence-electron chi connectivity index (χ3n) is 3.57. The largest absolute Gasteiger partial charge is 0.385 e. The van der Waals surface area contributed by atoms with Gasteiger partial charge in [-0.2, -0.15) is 0 Å². The number of rotatable bonds is 5. The molecule has 114 valence electrons. The number of anilines is 1. The van der Waals surface area contributed by atoms with Crippen LogP contribution in [0, 0.1) is 5.92 Å². The van der Waals surface area contributed by atoms with Crippen molar-refractivity contribution in [3.63, 3.8) is 0 Å². The van der Waals surface area contributed by atoms with E-state index in [0.29, 0.717) is 13.1 Å². The highest BCUT2D eigenvalue weighted by Gasteiger charge is 2.16. The Bertz CT molecular complexity index is 526. The zero-order valence-corrected chi connectivity index (χ0v) is 12.7. The van der Waals surface area contributed by atoms with Gasteiger partial charge in [-0.1, -0.05) is 19.9 Å². The van der Waals surface area contributed by atoms with E-state index in [1.54, 1.807) is 0 Å². The molecule has 0 unspecified atom stereocenters. The molecule has 0 atom stereocenters. The number of carbonyl (C=O) groups is 2. The molecule has 0 fully saturated rings. The van der Waals surface area contributed by atoms with Crippen molar-refractivity contribution >= 4 is 17.5 Å². The van der Waals surface area contributed by atoms with Gasteiger partial charge in [0.1, 0.15) is 0 Å². The normalized spacial score (nSPS) is 13.3. The van der Waals surface area contributed by atoms with Gasteiger partial charge in [0.15, 0.2) is 0 Å². The Morgan fingerprint density at radius 1 is 1.24 bits per heavy atom.